The van der Waals surface area contributed by atoms with Crippen LogP contribution in [0.15, 0.2) is 23.2 Å². The summed E-state index contributed by atoms with van der Waals surface area (Å²) in [7, 11) is 1.85. The Morgan fingerprint density at radius 1 is 1.30 bits per heavy atom. The lowest BCUT2D eigenvalue weighted by atomic mass is 9.95. The zero-order chi connectivity index (χ0) is 20.8. The second kappa shape index (κ2) is 10.2. The van der Waals surface area contributed by atoms with E-state index in [4.69, 9.17) is 9.47 Å². The number of rotatable bonds is 8. The fourth-order valence-corrected chi connectivity index (χ4v) is 5.69. The van der Waals surface area contributed by atoms with Gasteiger partial charge in [0, 0.05) is 50.1 Å². The van der Waals surface area contributed by atoms with Crippen LogP contribution >= 0.6 is 11.8 Å². The van der Waals surface area contributed by atoms with Gasteiger partial charge >= 0.3 is 0 Å². The van der Waals surface area contributed by atoms with E-state index in [9.17, 15) is 0 Å². The molecule has 30 heavy (non-hydrogen) atoms. The van der Waals surface area contributed by atoms with E-state index in [2.05, 4.69) is 57.4 Å². The molecule has 7 heteroatoms. The van der Waals surface area contributed by atoms with Crippen LogP contribution in [0.3, 0.4) is 0 Å². The molecule has 0 amide bonds. The first-order valence-corrected chi connectivity index (χ1v) is 12.4. The summed E-state index contributed by atoms with van der Waals surface area (Å²) in [4.78, 5) is 7.10. The highest BCUT2D eigenvalue weighted by atomic mass is 32.2. The summed E-state index contributed by atoms with van der Waals surface area (Å²) in [6.07, 6.45) is 3.83. The van der Waals surface area contributed by atoms with Gasteiger partial charge in [0.2, 0.25) is 0 Å². The number of aliphatic imine (C=N–C) groups is 1. The van der Waals surface area contributed by atoms with Crippen LogP contribution in [0.25, 0.3) is 0 Å². The molecule has 4 rings (SSSR count). The smallest absolute Gasteiger partial charge is 0.191 e. The van der Waals surface area contributed by atoms with Gasteiger partial charge in [0.1, 0.15) is 5.75 Å². The van der Waals surface area contributed by atoms with Gasteiger partial charge in [0.25, 0.3) is 0 Å². The molecular weight excluding hydrogens is 396 g/mol. The van der Waals surface area contributed by atoms with Gasteiger partial charge in [-0.1, -0.05) is 12.1 Å². The van der Waals surface area contributed by atoms with Crippen molar-refractivity contribution in [1.29, 1.82) is 0 Å². The lowest BCUT2D eigenvalue weighted by molar-refractivity contribution is -0.0120. The first-order valence-electron chi connectivity index (χ1n) is 11.3. The van der Waals surface area contributed by atoms with E-state index in [1.165, 1.54) is 41.9 Å². The van der Waals surface area contributed by atoms with Crippen LogP contribution in [0.4, 0.5) is 0 Å². The highest BCUT2D eigenvalue weighted by Gasteiger charge is 2.40. The van der Waals surface area contributed by atoms with Crippen molar-refractivity contribution in [2.24, 2.45) is 10.9 Å². The van der Waals surface area contributed by atoms with E-state index >= 15 is 0 Å². The van der Waals surface area contributed by atoms with Crippen LogP contribution in [0.1, 0.15) is 30.4 Å². The molecule has 2 saturated heterocycles. The van der Waals surface area contributed by atoms with Crippen LogP contribution in [-0.2, 0) is 11.3 Å². The largest absolute Gasteiger partial charge is 0.493 e. The molecule has 2 N–H and O–H groups in total. The maximum atomic E-state index is 6.12. The molecule has 2 heterocycles. The van der Waals surface area contributed by atoms with E-state index in [0.29, 0.717) is 6.54 Å². The quantitative estimate of drug-likeness (QED) is 0.487. The fraction of sp³-hybridized carbons (Fsp3) is 0.696. The van der Waals surface area contributed by atoms with Gasteiger partial charge in [0.15, 0.2) is 5.96 Å². The van der Waals surface area contributed by atoms with Gasteiger partial charge < -0.3 is 20.1 Å². The average Bonchev–Trinajstić information content (AvgIpc) is 3.49. The highest BCUT2D eigenvalue weighted by Crippen LogP contribution is 2.34. The fourth-order valence-electron chi connectivity index (χ4n) is 4.22. The zero-order valence-electron chi connectivity index (χ0n) is 18.4. The van der Waals surface area contributed by atoms with Crippen molar-refractivity contribution in [3.05, 3.63) is 29.3 Å². The molecule has 3 fully saturated rings. The van der Waals surface area contributed by atoms with Crippen molar-refractivity contribution in [3.8, 4) is 5.75 Å². The Labute approximate surface area is 185 Å². The number of aryl methyl sites for hydroxylation is 1. The normalized spacial score (nSPS) is 25.3. The number of benzene rings is 1. The highest BCUT2D eigenvalue weighted by molar-refractivity contribution is 7.99. The minimum Gasteiger partial charge on any atom is -0.493 e. The number of guanidine groups is 1. The lowest BCUT2D eigenvalue weighted by Gasteiger charge is -2.43. The van der Waals surface area contributed by atoms with Crippen LogP contribution < -0.4 is 15.4 Å². The van der Waals surface area contributed by atoms with Gasteiger partial charge in [-0.15, -0.1) is 0 Å². The molecule has 1 saturated carbocycles. The summed E-state index contributed by atoms with van der Waals surface area (Å²) in [5, 5.41) is 7.11. The van der Waals surface area contributed by atoms with E-state index in [0.717, 1.165) is 57.1 Å². The van der Waals surface area contributed by atoms with E-state index in [-0.39, 0.29) is 5.54 Å². The van der Waals surface area contributed by atoms with Crippen molar-refractivity contribution < 1.29 is 9.47 Å². The predicted molar refractivity (Wildman–Crippen MR) is 125 cm³/mol. The maximum absolute atomic E-state index is 6.12. The van der Waals surface area contributed by atoms with Gasteiger partial charge in [-0.25, -0.2) is 0 Å². The predicted octanol–water partition coefficient (Wildman–Crippen LogP) is 2.66. The molecule has 1 aromatic rings. The van der Waals surface area contributed by atoms with Crippen molar-refractivity contribution >= 4 is 17.7 Å². The molecular formula is C23H36N4O2S. The molecule has 0 radical (unpaired) electrons. The van der Waals surface area contributed by atoms with Crippen LogP contribution in [-0.4, -0.2) is 74.4 Å². The molecule has 3 aliphatic rings. The molecule has 2 aliphatic heterocycles. The Morgan fingerprint density at radius 2 is 2.13 bits per heavy atom. The topological polar surface area (TPSA) is 58.1 Å². The Morgan fingerprint density at radius 3 is 2.83 bits per heavy atom. The average molecular weight is 433 g/mol. The Kier molecular flexibility index (Phi) is 7.44. The van der Waals surface area contributed by atoms with Crippen molar-refractivity contribution in [2.45, 2.75) is 38.3 Å². The van der Waals surface area contributed by atoms with Crippen molar-refractivity contribution in [3.63, 3.8) is 0 Å². The third kappa shape index (κ3) is 5.62. The number of ether oxygens (including phenoxy) is 2. The first-order chi connectivity index (χ1) is 14.7. The van der Waals surface area contributed by atoms with Crippen LogP contribution in [0.5, 0.6) is 5.75 Å². The lowest BCUT2D eigenvalue weighted by Crippen LogP contribution is -2.60. The van der Waals surface area contributed by atoms with E-state index in [1.54, 1.807) is 0 Å². The maximum Gasteiger partial charge on any atom is 0.191 e. The Hall–Kier alpha value is -1.44. The van der Waals surface area contributed by atoms with Gasteiger partial charge in [-0.3, -0.25) is 9.89 Å². The molecule has 1 aliphatic carbocycles. The molecule has 1 unspecified atom stereocenters. The minimum atomic E-state index is 0.203. The van der Waals surface area contributed by atoms with Gasteiger partial charge in [-0.2, -0.15) is 11.8 Å². The number of thioether (sulfide) groups is 1. The van der Waals surface area contributed by atoms with Crippen molar-refractivity contribution in [1.82, 2.24) is 15.5 Å². The second-order valence-electron chi connectivity index (χ2n) is 8.77. The summed E-state index contributed by atoms with van der Waals surface area (Å²) in [6, 6.07) is 6.47. The third-order valence-corrected chi connectivity index (χ3v) is 7.65. The summed E-state index contributed by atoms with van der Waals surface area (Å²) in [5.41, 5.74) is 2.62. The molecule has 1 aromatic carbocycles. The number of hydrogen-bond acceptors (Lipinski definition) is 5. The number of hydrogen-bond donors (Lipinski definition) is 2. The number of nitrogens with zero attached hydrogens (tertiary/aromatic N) is 2. The molecule has 6 nitrogen and oxygen atoms in total. The summed E-state index contributed by atoms with van der Waals surface area (Å²) in [5.74, 6) is 5.01. The second-order valence-corrected chi connectivity index (χ2v) is 9.88. The SMILES string of the molecule is CN=C(NCc1ccc(C)cc1OCC1CC1)NCC1(N2CCOCC2)CCSC1. The molecule has 0 bridgehead atoms. The van der Waals surface area contributed by atoms with E-state index in [1.807, 2.05) is 7.05 Å². The molecule has 0 spiro atoms. The molecule has 166 valence electrons. The number of nitrogens with one attached hydrogen (secondary N) is 2. The zero-order valence-corrected chi connectivity index (χ0v) is 19.2. The summed E-state index contributed by atoms with van der Waals surface area (Å²) >= 11 is 2.06. The first kappa shape index (κ1) is 21.8. The van der Waals surface area contributed by atoms with Gasteiger partial charge in [-0.05, 0) is 49.5 Å². The molecule has 0 aromatic heterocycles. The van der Waals surface area contributed by atoms with Gasteiger partial charge in [0.05, 0.1) is 19.8 Å². The van der Waals surface area contributed by atoms with Crippen LogP contribution in [0, 0.1) is 12.8 Å². The minimum absolute atomic E-state index is 0.203. The Balaban J connectivity index is 1.33. The monoisotopic (exact) mass is 432 g/mol. The van der Waals surface area contributed by atoms with E-state index < -0.39 is 0 Å². The van der Waals surface area contributed by atoms with Crippen molar-refractivity contribution in [2.75, 3.05) is 58.0 Å². The van der Waals surface area contributed by atoms with Crippen LogP contribution in [0.2, 0.25) is 0 Å². The summed E-state index contributed by atoms with van der Waals surface area (Å²) in [6.45, 7) is 8.32. The number of morpholine rings is 1. The molecule has 1 atom stereocenters. The standard InChI is InChI=1S/C23H36N4O2S/c1-18-3-6-20(21(13-18)29-15-19-4-5-19)14-25-22(24-2)26-16-23(7-12-30-17-23)27-8-10-28-11-9-27/h3,6,13,19H,4-5,7-12,14-17H2,1-2H3,(H2,24,25,26). The third-order valence-electron chi connectivity index (χ3n) is 6.41. The Bertz CT molecular complexity index is 726. The summed E-state index contributed by atoms with van der Waals surface area (Å²) < 4.78 is 11.7.